The van der Waals surface area contributed by atoms with Crippen LogP contribution in [0.3, 0.4) is 0 Å². The molecule has 0 heterocycles. The fourth-order valence-corrected chi connectivity index (χ4v) is 1.80. The van der Waals surface area contributed by atoms with Crippen molar-refractivity contribution in [1.29, 1.82) is 0 Å². The second kappa shape index (κ2) is 2.70. The van der Waals surface area contributed by atoms with Crippen LogP contribution in [0, 0.1) is 11.8 Å². The van der Waals surface area contributed by atoms with Crippen molar-refractivity contribution < 1.29 is 5.11 Å². The van der Waals surface area contributed by atoms with Crippen LogP contribution >= 0.6 is 0 Å². The van der Waals surface area contributed by atoms with Gasteiger partial charge >= 0.3 is 0 Å². The summed E-state index contributed by atoms with van der Waals surface area (Å²) >= 11 is 0. The molecule has 0 amide bonds. The summed E-state index contributed by atoms with van der Waals surface area (Å²) in [5.41, 5.74) is 0. The normalized spacial score (nSPS) is 43.7. The van der Waals surface area contributed by atoms with Gasteiger partial charge in [0.1, 0.15) is 0 Å². The van der Waals surface area contributed by atoms with E-state index in [2.05, 4.69) is 13.8 Å². The molecule has 0 radical (unpaired) electrons. The van der Waals surface area contributed by atoms with Gasteiger partial charge in [0.15, 0.2) is 0 Å². The van der Waals surface area contributed by atoms with Crippen molar-refractivity contribution in [3.05, 3.63) is 0 Å². The number of aliphatic hydroxyl groups excluding tert-OH is 1. The van der Waals surface area contributed by atoms with Gasteiger partial charge in [0, 0.05) is 0 Å². The molecule has 0 aromatic rings. The first-order valence-corrected chi connectivity index (χ1v) is 3.93. The molecule has 3 atom stereocenters. The minimum absolute atomic E-state index is 0.00468. The summed E-state index contributed by atoms with van der Waals surface area (Å²) in [4.78, 5) is 0. The minimum Gasteiger partial charge on any atom is -0.393 e. The summed E-state index contributed by atoms with van der Waals surface area (Å²) in [6.45, 7) is 4.37. The summed E-state index contributed by atoms with van der Waals surface area (Å²) in [7, 11) is 0. The van der Waals surface area contributed by atoms with Gasteiger partial charge in [-0.05, 0) is 24.7 Å². The van der Waals surface area contributed by atoms with Gasteiger partial charge in [-0.2, -0.15) is 0 Å². The van der Waals surface area contributed by atoms with Crippen molar-refractivity contribution >= 4 is 0 Å². The molecule has 1 heteroatoms. The van der Waals surface area contributed by atoms with E-state index < -0.39 is 0 Å². The molecule has 0 saturated heterocycles. The molecule has 0 aromatic heterocycles. The first-order chi connectivity index (χ1) is 4.25. The predicted octanol–water partition coefficient (Wildman–Crippen LogP) is 1.80. The molecule has 1 aliphatic rings. The van der Waals surface area contributed by atoms with Gasteiger partial charge in [0.05, 0.1) is 6.10 Å². The van der Waals surface area contributed by atoms with E-state index in [1.165, 1.54) is 12.8 Å². The van der Waals surface area contributed by atoms with Crippen LogP contribution in [-0.4, -0.2) is 11.2 Å². The van der Waals surface area contributed by atoms with Crippen molar-refractivity contribution in [3.63, 3.8) is 0 Å². The Morgan fingerprint density at radius 1 is 1.44 bits per heavy atom. The van der Waals surface area contributed by atoms with Crippen molar-refractivity contribution in [2.24, 2.45) is 11.8 Å². The third-order valence-corrected chi connectivity index (χ3v) is 2.71. The van der Waals surface area contributed by atoms with E-state index >= 15 is 0 Å². The molecular formula is C8H16O. The molecule has 1 nitrogen and oxygen atoms in total. The highest BCUT2D eigenvalue weighted by Gasteiger charge is 2.29. The zero-order chi connectivity index (χ0) is 6.85. The summed E-state index contributed by atoms with van der Waals surface area (Å²) in [5, 5.41) is 9.30. The Balaban J connectivity index is 2.41. The number of hydrogen-bond donors (Lipinski definition) is 1. The van der Waals surface area contributed by atoms with E-state index in [1.807, 2.05) is 0 Å². The van der Waals surface area contributed by atoms with Crippen LogP contribution in [0.2, 0.25) is 0 Å². The van der Waals surface area contributed by atoms with Gasteiger partial charge in [0.25, 0.3) is 0 Å². The lowest BCUT2D eigenvalue weighted by Crippen LogP contribution is -2.14. The zero-order valence-electron chi connectivity index (χ0n) is 6.30. The first kappa shape index (κ1) is 7.07. The van der Waals surface area contributed by atoms with E-state index in [0.717, 1.165) is 12.3 Å². The highest BCUT2D eigenvalue weighted by Crippen LogP contribution is 2.33. The van der Waals surface area contributed by atoms with Crippen molar-refractivity contribution in [1.82, 2.24) is 0 Å². The maximum atomic E-state index is 9.30. The minimum atomic E-state index is -0.00468. The molecule has 1 fully saturated rings. The molecule has 54 valence electrons. The highest BCUT2D eigenvalue weighted by atomic mass is 16.3. The van der Waals surface area contributed by atoms with Crippen LogP contribution < -0.4 is 0 Å². The lowest BCUT2D eigenvalue weighted by atomic mass is 9.95. The Hall–Kier alpha value is -0.0400. The quantitative estimate of drug-likeness (QED) is 0.571. The first-order valence-electron chi connectivity index (χ1n) is 3.93. The molecular weight excluding hydrogens is 112 g/mol. The van der Waals surface area contributed by atoms with Crippen LogP contribution in [0.1, 0.15) is 33.1 Å². The molecule has 1 saturated carbocycles. The molecule has 1 aliphatic carbocycles. The third kappa shape index (κ3) is 1.26. The molecule has 9 heavy (non-hydrogen) atoms. The van der Waals surface area contributed by atoms with Gasteiger partial charge in [-0.25, -0.2) is 0 Å². The number of rotatable bonds is 1. The van der Waals surface area contributed by atoms with Crippen LogP contribution in [0.4, 0.5) is 0 Å². The van der Waals surface area contributed by atoms with Crippen LogP contribution in [0.25, 0.3) is 0 Å². The van der Waals surface area contributed by atoms with Crippen LogP contribution in [-0.2, 0) is 0 Å². The van der Waals surface area contributed by atoms with Gasteiger partial charge < -0.3 is 5.11 Å². The largest absolute Gasteiger partial charge is 0.393 e. The van der Waals surface area contributed by atoms with E-state index in [-0.39, 0.29) is 6.10 Å². The number of aliphatic hydroxyl groups is 1. The van der Waals surface area contributed by atoms with Gasteiger partial charge in [-0.3, -0.25) is 0 Å². The van der Waals surface area contributed by atoms with Gasteiger partial charge in [-0.1, -0.05) is 20.3 Å². The predicted molar refractivity (Wildman–Crippen MR) is 38.2 cm³/mol. The Kier molecular flexibility index (Phi) is 2.12. The Labute approximate surface area is 57.1 Å². The summed E-state index contributed by atoms with van der Waals surface area (Å²) in [6.07, 6.45) is 3.49. The SMILES string of the molecule is CC[C@@H]1CC[C@H](O)[C@@H]1C. The maximum Gasteiger partial charge on any atom is 0.0568 e. The average Bonchev–Trinajstić information content (AvgIpc) is 2.15. The molecule has 0 spiro atoms. The lowest BCUT2D eigenvalue weighted by Gasteiger charge is -2.14. The average molecular weight is 128 g/mol. The number of hydrogen-bond acceptors (Lipinski definition) is 1. The highest BCUT2D eigenvalue weighted by molar-refractivity contribution is 4.80. The Morgan fingerprint density at radius 3 is 2.33 bits per heavy atom. The van der Waals surface area contributed by atoms with E-state index in [0.29, 0.717) is 5.92 Å². The fourth-order valence-electron chi connectivity index (χ4n) is 1.80. The summed E-state index contributed by atoms with van der Waals surface area (Å²) in [6, 6.07) is 0. The van der Waals surface area contributed by atoms with Crippen molar-refractivity contribution in [2.75, 3.05) is 0 Å². The second-order valence-electron chi connectivity index (χ2n) is 3.17. The van der Waals surface area contributed by atoms with E-state index in [9.17, 15) is 5.11 Å². The van der Waals surface area contributed by atoms with Gasteiger partial charge in [-0.15, -0.1) is 0 Å². The fraction of sp³-hybridized carbons (Fsp3) is 1.00. The Bertz CT molecular complexity index is 90.6. The van der Waals surface area contributed by atoms with Crippen molar-refractivity contribution in [2.45, 2.75) is 39.2 Å². The van der Waals surface area contributed by atoms with Crippen molar-refractivity contribution in [3.8, 4) is 0 Å². The zero-order valence-corrected chi connectivity index (χ0v) is 6.30. The third-order valence-electron chi connectivity index (χ3n) is 2.71. The molecule has 0 bridgehead atoms. The van der Waals surface area contributed by atoms with E-state index in [4.69, 9.17) is 0 Å². The maximum absolute atomic E-state index is 9.30. The van der Waals surface area contributed by atoms with Gasteiger partial charge in [0.2, 0.25) is 0 Å². The lowest BCUT2D eigenvalue weighted by molar-refractivity contribution is 0.127. The second-order valence-corrected chi connectivity index (χ2v) is 3.17. The molecule has 0 aliphatic heterocycles. The van der Waals surface area contributed by atoms with E-state index in [1.54, 1.807) is 0 Å². The molecule has 0 unspecified atom stereocenters. The topological polar surface area (TPSA) is 20.2 Å². The molecule has 1 rings (SSSR count). The standard InChI is InChI=1S/C8H16O/c1-3-7-4-5-8(9)6(7)2/h6-9H,3-5H2,1-2H3/t6-,7-,8+/m1/s1. The smallest absolute Gasteiger partial charge is 0.0568 e. The monoisotopic (exact) mass is 128 g/mol. The summed E-state index contributed by atoms with van der Waals surface area (Å²) in [5.74, 6) is 1.34. The molecule has 1 N–H and O–H groups in total. The van der Waals surface area contributed by atoms with Crippen LogP contribution in [0.5, 0.6) is 0 Å². The Morgan fingerprint density at radius 2 is 2.11 bits per heavy atom. The summed E-state index contributed by atoms with van der Waals surface area (Å²) < 4.78 is 0. The molecule has 0 aromatic carbocycles. The van der Waals surface area contributed by atoms with Crippen LogP contribution in [0.15, 0.2) is 0 Å².